The summed E-state index contributed by atoms with van der Waals surface area (Å²) in [5.74, 6) is 0.311. The minimum Gasteiger partial charge on any atom is -0.497 e. The molecule has 2 aromatic carbocycles. The molecule has 2 fully saturated rings. The number of aromatic nitrogens is 3. The van der Waals surface area contributed by atoms with Gasteiger partial charge in [0.2, 0.25) is 5.69 Å². The number of methoxy groups -OCH3 is 1. The molecule has 0 spiro atoms. The Morgan fingerprint density at radius 2 is 1.68 bits per heavy atom. The van der Waals surface area contributed by atoms with Gasteiger partial charge < -0.3 is 19.6 Å². The third kappa shape index (κ3) is 6.10. The smallest absolute Gasteiger partial charge is 0.359 e. The Bertz CT molecular complexity index is 1180. The van der Waals surface area contributed by atoms with Crippen molar-refractivity contribution in [3.63, 3.8) is 0 Å². The van der Waals surface area contributed by atoms with Crippen LogP contribution in [0.5, 0.6) is 5.75 Å². The number of hydrogen-bond donors (Lipinski definition) is 1. The van der Waals surface area contributed by atoms with Crippen molar-refractivity contribution in [3.8, 4) is 5.75 Å². The van der Waals surface area contributed by atoms with Crippen LogP contribution < -0.4 is 9.64 Å². The lowest BCUT2D eigenvalue weighted by molar-refractivity contribution is 0.0686. The number of piperazine rings is 1. The molecule has 0 unspecified atom stereocenters. The van der Waals surface area contributed by atoms with Crippen LogP contribution in [0.3, 0.4) is 0 Å². The third-order valence-electron chi connectivity index (χ3n) is 7.57. The van der Waals surface area contributed by atoms with Crippen molar-refractivity contribution in [2.24, 2.45) is 0 Å². The number of carbonyl (C=O) groups is 1. The predicted molar refractivity (Wildman–Crippen MR) is 146 cm³/mol. The van der Waals surface area contributed by atoms with Crippen LogP contribution in [0.2, 0.25) is 0 Å². The number of rotatable bonds is 8. The van der Waals surface area contributed by atoms with Crippen LogP contribution in [0.25, 0.3) is 0 Å². The van der Waals surface area contributed by atoms with E-state index in [1.165, 1.54) is 11.3 Å². The first-order valence-electron chi connectivity index (χ1n) is 13.0. The van der Waals surface area contributed by atoms with Crippen molar-refractivity contribution in [2.75, 3.05) is 45.2 Å². The van der Waals surface area contributed by atoms with Gasteiger partial charge in [0.1, 0.15) is 10.8 Å². The molecule has 1 aliphatic carbocycles. The van der Waals surface area contributed by atoms with Crippen molar-refractivity contribution in [1.29, 1.82) is 0 Å². The Labute approximate surface area is 222 Å². The number of thioether (sulfide) groups is 1. The molecule has 5 rings (SSSR count). The van der Waals surface area contributed by atoms with Crippen molar-refractivity contribution in [3.05, 3.63) is 65.4 Å². The maximum absolute atomic E-state index is 11.9. The number of anilines is 1. The minimum absolute atomic E-state index is 0.0418. The number of carboxylic acids is 1. The van der Waals surface area contributed by atoms with Gasteiger partial charge in [-0.3, -0.25) is 0 Å². The van der Waals surface area contributed by atoms with Gasteiger partial charge in [0.15, 0.2) is 0 Å². The van der Waals surface area contributed by atoms with Crippen molar-refractivity contribution in [2.45, 2.75) is 48.4 Å². The SMILES string of the molecule is COc1ccc(Cn2nnc(C(=O)O)c2SC2CCC(c3ccc(N4CCN(C)CC4)cc3)CC2)cc1. The van der Waals surface area contributed by atoms with Crippen molar-refractivity contribution < 1.29 is 14.6 Å². The van der Waals surface area contributed by atoms with E-state index in [1.807, 2.05) is 24.3 Å². The topological polar surface area (TPSA) is 83.7 Å². The minimum atomic E-state index is -1.03. The van der Waals surface area contributed by atoms with E-state index in [-0.39, 0.29) is 5.69 Å². The fraction of sp³-hybridized carbons (Fsp3) is 0.464. The highest BCUT2D eigenvalue weighted by Gasteiger charge is 2.28. The molecule has 1 aliphatic heterocycles. The van der Waals surface area contributed by atoms with E-state index in [4.69, 9.17) is 4.74 Å². The van der Waals surface area contributed by atoms with Gasteiger partial charge in [0.25, 0.3) is 0 Å². The number of hydrogen-bond acceptors (Lipinski definition) is 7. The summed E-state index contributed by atoms with van der Waals surface area (Å²) in [5, 5.41) is 18.9. The van der Waals surface area contributed by atoms with E-state index < -0.39 is 5.97 Å². The number of ether oxygens (including phenoxy) is 1. The summed E-state index contributed by atoms with van der Waals surface area (Å²) in [7, 11) is 3.82. The summed E-state index contributed by atoms with van der Waals surface area (Å²) in [6.07, 6.45) is 4.30. The van der Waals surface area contributed by atoms with Gasteiger partial charge in [-0.2, -0.15) is 0 Å². The van der Waals surface area contributed by atoms with Crippen LogP contribution in [0.4, 0.5) is 5.69 Å². The molecule has 0 radical (unpaired) electrons. The molecule has 37 heavy (non-hydrogen) atoms. The lowest BCUT2D eigenvalue weighted by atomic mass is 9.84. The quantitative estimate of drug-likeness (QED) is 0.460. The molecule has 2 aliphatic rings. The lowest BCUT2D eigenvalue weighted by Crippen LogP contribution is -2.44. The average Bonchev–Trinajstić information content (AvgIpc) is 3.32. The van der Waals surface area contributed by atoms with Crippen LogP contribution in [-0.2, 0) is 6.54 Å². The summed E-state index contributed by atoms with van der Waals surface area (Å²) in [6, 6.07) is 16.9. The maximum Gasteiger partial charge on any atom is 0.359 e. The van der Waals surface area contributed by atoms with Gasteiger partial charge in [-0.15, -0.1) is 16.9 Å². The monoisotopic (exact) mass is 521 g/mol. The highest BCUT2D eigenvalue weighted by Crippen LogP contribution is 2.41. The van der Waals surface area contributed by atoms with Gasteiger partial charge >= 0.3 is 5.97 Å². The molecular formula is C28H35N5O3S. The second-order valence-electron chi connectivity index (χ2n) is 10.0. The first kappa shape index (κ1) is 25.6. The lowest BCUT2D eigenvalue weighted by Gasteiger charge is -2.34. The number of carboxylic acid groups (broad SMARTS) is 1. The molecule has 1 N–H and O–H groups in total. The zero-order chi connectivity index (χ0) is 25.8. The summed E-state index contributed by atoms with van der Waals surface area (Å²) in [6.45, 7) is 4.87. The molecule has 0 bridgehead atoms. The number of nitrogens with zero attached hydrogens (tertiary/aromatic N) is 5. The number of likely N-dealkylation sites (N-methyl/N-ethyl adjacent to an activating group) is 1. The first-order chi connectivity index (χ1) is 18.0. The van der Waals surface area contributed by atoms with E-state index in [0.29, 0.717) is 22.7 Å². The van der Waals surface area contributed by atoms with Gasteiger partial charge in [-0.05, 0) is 74.0 Å². The molecule has 8 nitrogen and oxygen atoms in total. The highest BCUT2D eigenvalue weighted by atomic mass is 32.2. The number of aromatic carboxylic acids is 1. The summed E-state index contributed by atoms with van der Waals surface area (Å²) < 4.78 is 6.96. The van der Waals surface area contributed by atoms with Crippen molar-refractivity contribution in [1.82, 2.24) is 19.9 Å². The van der Waals surface area contributed by atoms with Crippen LogP contribution in [0, 0.1) is 0 Å². The molecule has 0 atom stereocenters. The van der Waals surface area contributed by atoms with Crippen LogP contribution in [-0.4, -0.2) is 76.6 Å². The number of benzene rings is 2. The molecule has 1 aromatic heterocycles. The molecule has 1 saturated heterocycles. The van der Waals surface area contributed by atoms with E-state index in [2.05, 4.69) is 51.4 Å². The molecule has 196 valence electrons. The van der Waals surface area contributed by atoms with Crippen molar-refractivity contribution >= 4 is 23.4 Å². The van der Waals surface area contributed by atoms with E-state index in [9.17, 15) is 9.90 Å². The predicted octanol–water partition coefficient (Wildman–Crippen LogP) is 4.60. The van der Waals surface area contributed by atoms with Crippen LogP contribution in [0.15, 0.2) is 53.6 Å². The normalized spacial score (nSPS) is 20.6. The molecule has 2 heterocycles. The van der Waals surface area contributed by atoms with Gasteiger partial charge in [-0.1, -0.05) is 29.5 Å². The standard InChI is InChI=1S/C28H35N5O3S/c1-31-15-17-32(18-16-31)23-9-5-21(6-10-23)22-7-13-25(14-8-22)37-27-26(28(34)35)29-30-33(27)19-20-3-11-24(36-2)12-4-20/h3-6,9-12,22,25H,7-8,13-19H2,1-2H3,(H,34,35). The zero-order valence-electron chi connectivity index (χ0n) is 21.5. The van der Waals surface area contributed by atoms with E-state index in [1.54, 1.807) is 23.6 Å². The summed E-state index contributed by atoms with van der Waals surface area (Å²) in [4.78, 5) is 16.7. The summed E-state index contributed by atoms with van der Waals surface area (Å²) in [5.41, 5.74) is 3.80. The summed E-state index contributed by atoms with van der Waals surface area (Å²) >= 11 is 1.62. The van der Waals surface area contributed by atoms with E-state index >= 15 is 0 Å². The van der Waals surface area contributed by atoms with Gasteiger partial charge in [0, 0.05) is 37.1 Å². The molecule has 1 saturated carbocycles. The molecule has 3 aromatic rings. The Kier molecular flexibility index (Phi) is 8.00. The Balaban J connectivity index is 1.20. The van der Waals surface area contributed by atoms with Crippen LogP contribution in [0.1, 0.15) is 53.2 Å². The molecule has 0 amide bonds. The van der Waals surface area contributed by atoms with Gasteiger partial charge in [-0.25, -0.2) is 9.48 Å². The second-order valence-corrected chi connectivity index (χ2v) is 11.3. The van der Waals surface area contributed by atoms with E-state index in [0.717, 1.165) is 63.2 Å². The zero-order valence-corrected chi connectivity index (χ0v) is 22.4. The Hall–Kier alpha value is -3.04. The second kappa shape index (κ2) is 11.6. The third-order valence-corrected chi connectivity index (χ3v) is 9.00. The fourth-order valence-corrected chi connectivity index (χ4v) is 6.54. The maximum atomic E-state index is 11.9. The Morgan fingerprint density at radius 3 is 2.30 bits per heavy atom. The highest BCUT2D eigenvalue weighted by molar-refractivity contribution is 7.99. The Morgan fingerprint density at radius 1 is 1.00 bits per heavy atom. The molecular weight excluding hydrogens is 486 g/mol. The first-order valence-corrected chi connectivity index (χ1v) is 13.9. The largest absolute Gasteiger partial charge is 0.497 e. The van der Waals surface area contributed by atoms with Gasteiger partial charge in [0.05, 0.1) is 13.7 Å². The molecule has 9 heteroatoms. The van der Waals surface area contributed by atoms with Crippen LogP contribution >= 0.6 is 11.8 Å². The average molecular weight is 522 g/mol. The fourth-order valence-electron chi connectivity index (χ4n) is 5.26.